The summed E-state index contributed by atoms with van der Waals surface area (Å²) in [5.74, 6) is 0.625. The van der Waals surface area contributed by atoms with Crippen molar-refractivity contribution >= 4 is 11.7 Å². The molecule has 2 aromatic rings. The summed E-state index contributed by atoms with van der Waals surface area (Å²) in [6.07, 6.45) is 1.65. The average Bonchev–Trinajstić information content (AvgIpc) is 2.53. The van der Waals surface area contributed by atoms with E-state index in [0.717, 1.165) is 6.54 Å². The highest BCUT2D eigenvalue weighted by molar-refractivity contribution is 5.94. The molecule has 122 valence electrons. The molecule has 0 saturated carbocycles. The second kappa shape index (κ2) is 8.29. The predicted molar refractivity (Wildman–Crippen MR) is 93.6 cm³/mol. The van der Waals surface area contributed by atoms with Crippen LogP contribution < -0.4 is 10.6 Å². The van der Waals surface area contributed by atoms with Crippen molar-refractivity contribution in [3.63, 3.8) is 0 Å². The van der Waals surface area contributed by atoms with Gasteiger partial charge in [0, 0.05) is 31.4 Å². The van der Waals surface area contributed by atoms with E-state index in [0.29, 0.717) is 24.5 Å². The maximum atomic E-state index is 12.1. The van der Waals surface area contributed by atoms with Crippen LogP contribution in [0.2, 0.25) is 0 Å². The lowest BCUT2D eigenvalue weighted by molar-refractivity contribution is 0.0951. The number of likely N-dealkylation sites (N-methyl/N-ethyl adjacent to an activating group) is 1. The van der Waals surface area contributed by atoms with Crippen LogP contribution in [0.15, 0.2) is 42.6 Å². The number of carbonyl (C=O) groups is 1. The molecule has 1 heterocycles. The van der Waals surface area contributed by atoms with E-state index in [2.05, 4.69) is 40.7 Å². The molecule has 1 aromatic carbocycles. The summed E-state index contributed by atoms with van der Waals surface area (Å²) in [5, 5.41) is 6.16. The highest BCUT2D eigenvalue weighted by Gasteiger charge is 2.06. The second-order valence-corrected chi connectivity index (χ2v) is 5.83. The Morgan fingerprint density at radius 3 is 2.78 bits per heavy atom. The summed E-state index contributed by atoms with van der Waals surface area (Å²) in [5.41, 5.74) is 3.03. The number of anilines is 1. The van der Waals surface area contributed by atoms with Crippen molar-refractivity contribution in [2.75, 3.05) is 32.5 Å². The molecule has 0 radical (unpaired) electrons. The second-order valence-electron chi connectivity index (χ2n) is 5.83. The Bertz CT molecular complexity index is 655. The minimum absolute atomic E-state index is 0.0761. The van der Waals surface area contributed by atoms with E-state index < -0.39 is 0 Å². The summed E-state index contributed by atoms with van der Waals surface area (Å²) in [4.78, 5) is 18.4. The molecular weight excluding hydrogens is 288 g/mol. The molecule has 5 nitrogen and oxygen atoms in total. The zero-order valence-corrected chi connectivity index (χ0v) is 14.0. The fourth-order valence-electron chi connectivity index (χ4n) is 2.18. The molecule has 1 amide bonds. The Balaban J connectivity index is 1.92. The highest BCUT2D eigenvalue weighted by atomic mass is 16.1. The van der Waals surface area contributed by atoms with Gasteiger partial charge < -0.3 is 15.5 Å². The van der Waals surface area contributed by atoms with Gasteiger partial charge in [-0.15, -0.1) is 0 Å². The van der Waals surface area contributed by atoms with Crippen molar-refractivity contribution < 1.29 is 4.79 Å². The number of aromatic nitrogens is 1. The molecule has 0 unspecified atom stereocenters. The van der Waals surface area contributed by atoms with Crippen molar-refractivity contribution in [3.8, 4) is 0 Å². The zero-order chi connectivity index (χ0) is 16.7. The van der Waals surface area contributed by atoms with Crippen LogP contribution in [0.1, 0.15) is 21.5 Å². The topological polar surface area (TPSA) is 57.3 Å². The maximum Gasteiger partial charge on any atom is 0.251 e. The Morgan fingerprint density at radius 1 is 1.22 bits per heavy atom. The molecule has 0 aliphatic heterocycles. The van der Waals surface area contributed by atoms with Gasteiger partial charge in [-0.3, -0.25) is 4.79 Å². The normalized spacial score (nSPS) is 10.6. The summed E-state index contributed by atoms with van der Waals surface area (Å²) in [6.45, 7) is 4.19. The minimum atomic E-state index is -0.0761. The Hall–Kier alpha value is -2.40. The lowest BCUT2D eigenvalue weighted by atomic mass is 10.1. The molecular formula is C18H24N4O. The quantitative estimate of drug-likeness (QED) is 0.823. The van der Waals surface area contributed by atoms with E-state index in [1.807, 2.05) is 25.1 Å². The molecule has 23 heavy (non-hydrogen) atoms. The van der Waals surface area contributed by atoms with Gasteiger partial charge in [-0.2, -0.15) is 0 Å². The third-order valence-corrected chi connectivity index (χ3v) is 3.42. The van der Waals surface area contributed by atoms with Crippen LogP contribution in [0.5, 0.6) is 0 Å². The monoisotopic (exact) mass is 312 g/mol. The SMILES string of the molecule is Cc1cccc(CNc2cc(C(=O)NCCN(C)C)ccn2)c1. The van der Waals surface area contributed by atoms with E-state index in [4.69, 9.17) is 0 Å². The molecule has 2 N–H and O–H groups in total. The van der Waals surface area contributed by atoms with Crippen molar-refractivity contribution in [2.24, 2.45) is 0 Å². The van der Waals surface area contributed by atoms with E-state index in [-0.39, 0.29) is 5.91 Å². The van der Waals surface area contributed by atoms with Gasteiger partial charge in [0.2, 0.25) is 0 Å². The molecule has 0 saturated heterocycles. The van der Waals surface area contributed by atoms with E-state index >= 15 is 0 Å². The smallest absolute Gasteiger partial charge is 0.251 e. The number of aryl methyl sites for hydroxylation is 1. The molecule has 2 rings (SSSR count). The first-order valence-corrected chi connectivity index (χ1v) is 7.73. The standard InChI is InChI=1S/C18H24N4O/c1-14-5-4-6-15(11-14)13-21-17-12-16(7-8-19-17)18(23)20-9-10-22(2)3/h4-8,11-12H,9-10,13H2,1-3H3,(H,19,21)(H,20,23). The predicted octanol–water partition coefficient (Wildman–Crippen LogP) is 2.29. The molecule has 0 spiro atoms. The van der Waals surface area contributed by atoms with Gasteiger partial charge >= 0.3 is 0 Å². The molecule has 0 atom stereocenters. The maximum absolute atomic E-state index is 12.1. The molecule has 0 aliphatic carbocycles. The number of hydrogen-bond acceptors (Lipinski definition) is 4. The number of benzene rings is 1. The van der Waals surface area contributed by atoms with E-state index in [9.17, 15) is 4.79 Å². The van der Waals surface area contributed by atoms with Gasteiger partial charge in [-0.1, -0.05) is 29.8 Å². The Morgan fingerprint density at radius 2 is 2.04 bits per heavy atom. The van der Waals surface area contributed by atoms with Crippen LogP contribution in [0, 0.1) is 6.92 Å². The van der Waals surface area contributed by atoms with Crippen molar-refractivity contribution in [1.82, 2.24) is 15.2 Å². The third kappa shape index (κ3) is 5.71. The van der Waals surface area contributed by atoms with Crippen LogP contribution in [0.3, 0.4) is 0 Å². The lowest BCUT2D eigenvalue weighted by Gasteiger charge is -2.11. The van der Waals surface area contributed by atoms with Gasteiger partial charge in [0.25, 0.3) is 5.91 Å². The number of rotatable bonds is 7. The van der Waals surface area contributed by atoms with Crippen LogP contribution in [0.25, 0.3) is 0 Å². The average molecular weight is 312 g/mol. The van der Waals surface area contributed by atoms with Gasteiger partial charge in [-0.05, 0) is 38.7 Å². The van der Waals surface area contributed by atoms with Crippen LogP contribution in [-0.2, 0) is 6.54 Å². The van der Waals surface area contributed by atoms with Crippen molar-refractivity contribution in [2.45, 2.75) is 13.5 Å². The highest BCUT2D eigenvalue weighted by Crippen LogP contribution is 2.10. The lowest BCUT2D eigenvalue weighted by Crippen LogP contribution is -2.31. The summed E-state index contributed by atoms with van der Waals surface area (Å²) in [7, 11) is 3.96. The first-order valence-electron chi connectivity index (χ1n) is 7.73. The fraction of sp³-hybridized carbons (Fsp3) is 0.333. The number of amides is 1. The van der Waals surface area contributed by atoms with Gasteiger partial charge in [0.15, 0.2) is 0 Å². The number of pyridine rings is 1. The molecule has 1 aromatic heterocycles. The minimum Gasteiger partial charge on any atom is -0.366 e. The summed E-state index contributed by atoms with van der Waals surface area (Å²) < 4.78 is 0. The van der Waals surface area contributed by atoms with Gasteiger partial charge in [-0.25, -0.2) is 4.98 Å². The Labute approximate surface area is 137 Å². The first-order chi connectivity index (χ1) is 11.0. The number of hydrogen-bond donors (Lipinski definition) is 2. The van der Waals surface area contributed by atoms with Crippen LogP contribution >= 0.6 is 0 Å². The summed E-state index contributed by atoms with van der Waals surface area (Å²) >= 11 is 0. The molecule has 5 heteroatoms. The summed E-state index contributed by atoms with van der Waals surface area (Å²) in [6, 6.07) is 11.8. The van der Waals surface area contributed by atoms with Crippen molar-refractivity contribution in [3.05, 3.63) is 59.3 Å². The first kappa shape index (κ1) is 17.0. The van der Waals surface area contributed by atoms with Gasteiger partial charge in [0.05, 0.1) is 0 Å². The van der Waals surface area contributed by atoms with E-state index in [1.165, 1.54) is 11.1 Å². The van der Waals surface area contributed by atoms with Gasteiger partial charge in [0.1, 0.15) is 5.82 Å². The fourth-order valence-corrected chi connectivity index (χ4v) is 2.18. The van der Waals surface area contributed by atoms with Crippen molar-refractivity contribution in [1.29, 1.82) is 0 Å². The van der Waals surface area contributed by atoms with Crippen LogP contribution in [0.4, 0.5) is 5.82 Å². The van der Waals surface area contributed by atoms with E-state index in [1.54, 1.807) is 18.3 Å². The third-order valence-electron chi connectivity index (χ3n) is 3.42. The Kier molecular flexibility index (Phi) is 6.11. The molecule has 0 bridgehead atoms. The number of carbonyl (C=O) groups excluding carboxylic acids is 1. The largest absolute Gasteiger partial charge is 0.366 e. The van der Waals surface area contributed by atoms with Crippen LogP contribution in [-0.4, -0.2) is 43.0 Å². The zero-order valence-electron chi connectivity index (χ0n) is 14.0. The number of nitrogens with zero attached hydrogens (tertiary/aromatic N) is 2. The molecule has 0 aliphatic rings. The molecule has 0 fully saturated rings. The number of nitrogens with one attached hydrogen (secondary N) is 2.